The summed E-state index contributed by atoms with van der Waals surface area (Å²) in [6, 6.07) is 11.7. The van der Waals surface area contributed by atoms with E-state index >= 15 is 0 Å². The van der Waals surface area contributed by atoms with Gasteiger partial charge in [-0.05, 0) is 35.4 Å². The molecular formula is C24H20N6O5. The number of carbonyl (C=O) groups is 3. The van der Waals surface area contributed by atoms with E-state index in [-0.39, 0.29) is 48.5 Å². The van der Waals surface area contributed by atoms with Crippen LogP contribution in [0.15, 0.2) is 55.0 Å². The zero-order valence-corrected chi connectivity index (χ0v) is 18.3. The third-order valence-electron chi connectivity index (χ3n) is 5.44. The number of phenolic OH excluding ortho intramolecular Hbond substituents is 1. The molecule has 2 aromatic heterocycles. The van der Waals surface area contributed by atoms with E-state index in [1.165, 1.54) is 12.5 Å². The van der Waals surface area contributed by atoms with E-state index in [4.69, 9.17) is 4.74 Å². The summed E-state index contributed by atoms with van der Waals surface area (Å²) < 4.78 is 5.34. The number of fused-ring (bicyclic) bond motifs is 2. The molecule has 0 fully saturated rings. The number of anilines is 1. The summed E-state index contributed by atoms with van der Waals surface area (Å²) >= 11 is 0. The minimum atomic E-state index is -0.451. The lowest BCUT2D eigenvalue weighted by atomic mass is 10.1. The number of hydrogen-bond acceptors (Lipinski definition) is 7. The molecule has 4 aromatic rings. The predicted octanol–water partition coefficient (Wildman–Crippen LogP) is 1.85. The van der Waals surface area contributed by atoms with E-state index in [1.54, 1.807) is 42.5 Å². The van der Waals surface area contributed by atoms with Crippen LogP contribution in [0, 0.1) is 0 Å². The van der Waals surface area contributed by atoms with Gasteiger partial charge < -0.3 is 30.8 Å². The fourth-order valence-electron chi connectivity index (χ4n) is 3.68. The summed E-state index contributed by atoms with van der Waals surface area (Å²) in [5.41, 5.74) is 3.16. The van der Waals surface area contributed by atoms with Crippen molar-refractivity contribution in [3.8, 4) is 11.5 Å². The number of nitrogens with zero attached hydrogens (tertiary/aromatic N) is 2. The molecule has 2 aromatic carbocycles. The van der Waals surface area contributed by atoms with Crippen molar-refractivity contribution in [2.75, 3.05) is 11.9 Å². The summed E-state index contributed by atoms with van der Waals surface area (Å²) in [5, 5.41) is 17.7. The summed E-state index contributed by atoms with van der Waals surface area (Å²) in [6.07, 6.45) is 2.71. The van der Waals surface area contributed by atoms with Crippen LogP contribution in [0.1, 0.15) is 32.0 Å². The SMILES string of the molecule is O=C1COc2ccc(CNC(=O)c3ncnc4c(C(=O)NCc5ccc(O)cc5)c[nH]c34)cc2N1. The first kappa shape index (κ1) is 21.9. The van der Waals surface area contributed by atoms with Crippen LogP contribution in [0.25, 0.3) is 11.0 Å². The summed E-state index contributed by atoms with van der Waals surface area (Å²) in [5.74, 6) is -0.343. The standard InChI is InChI=1S/C24H20N6O5/c31-15-4-1-13(2-5-15)8-26-23(33)16-10-25-21-20(16)28-12-29-22(21)24(34)27-9-14-3-6-18-17(7-14)30-19(32)11-35-18/h1-7,10,12,25,31H,8-9,11H2,(H,26,33)(H,27,34)(H,30,32). The molecule has 0 saturated heterocycles. The van der Waals surface area contributed by atoms with Gasteiger partial charge >= 0.3 is 0 Å². The van der Waals surface area contributed by atoms with Gasteiger partial charge in [0.1, 0.15) is 23.3 Å². The summed E-state index contributed by atoms with van der Waals surface area (Å²) in [4.78, 5) is 48.3. The molecule has 0 saturated carbocycles. The number of H-pyrrole nitrogens is 1. The van der Waals surface area contributed by atoms with Gasteiger partial charge in [-0.3, -0.25) is 14.4 Å². The fourth-order valence-corrected chi connectivity index (χ4v) is 3.68. The monoisotopic (exact) mass is 472 g/mol. The Morgan fingerprint density at radius 2 is 1.74 bits per heavy atom. The molecule has 0 bridgehead atoms. The first-order valence-corrected chi connectivity index (χ1v) is 10.7. The average molecular weight is 472 g/mol. The van der Waals surface area contributed by atoms with E-state index in [0.717, 1.165) is 11.1 Å². The van der Waals surface area contributed by atoms with Gasteiger partial charge in [0.15, 0.2) is 12.3 Å². The molecule has 0 aliphatic carbocycles. The first-order valence-electron chi connectivity index (χ1n) is 10.7. The van der Waals surface area contributed by atoms with E-state index < -0.39 is 5.91 Å². The first-order chi connectivity index (χ1) is 17.0. The van der Waals surface area contributed by atoms with Crippen LogP contribution in [0.4, 0.5) is 5.69 Å². The maximum atomic E-state index is 12.9. The zero-order chi connectivity index (χ0) is 24.4. The van der Waals surface area contributed by atoms with Crippen LogP contribution in [-0.2, 0) is 17.9 Å². The van der Waals surface area contributed by atoms with Crippen molar-refractivity contribution in [2.24, 2.45) is 0 Å². The van der Waals surface area contributed by atoms with Crippen LogP contribution in [0.3, 0.4) is 0 Å². The predicted molar refractivity (Wildman–Crippen MR) is 125 cm³/mol. The number of aromatic hydroxyl groups is 1. The highest BCUT2D eigenvalue weighted by atomic mass is 16.5. The van der Waals surface area contributed by atoms with Gasteiger partial charge in [0.25, 0.3) is 17.7 Å². The molecule has 11 nitrogen and oxygen atoms in total. The molecular weight excluding hydrogens is 452 g/mol. The van der Waals surface area contributed by atoms with Gasteiger partial charge in [-0.2, -0.15) is 0 Å². The lowest BCUT2D eigenvalue weighted by Gasteiger charge is -2.18. The number of amides is 3. The Kier molecular flexibility index (Phi) is 5.71. The second-order valence-electron chi connectivity index (χ2n) is 7.85. The molecule has 176 valence electrons. The Morgan fingerprint density at radius 3 is 2.57 bits per heavy atom. The number of carbonyl (C=O) groups excluding carboxylic acids is 3. The Morgan fingerprint density at radius 1 is 1.00 bits per heavy atom. The number of hydrogen-bond donors (Lipinski definition) is 5. The Bertz CT molecular complexity index is 1450. The Labute approximate surface area is 198 Å². The maximum absolute atomic E-state index is 12.9. The quantitative estimate of drug-likeness (QED) is 0.286. The molecule has 0 spiro atoms. The maximum Gasteiger partial charge on any atom is 0.272 e. The van der Waals surface area contributed by atoms with E-state index in [0.29, 0.717) is 22.5 Å². The highest BCUT2D eigenvalue weighted by molar-refractivity contribution is 6.10. The highest BCUT2D eigenvalue weighted by Gasteiger charge is 2.20. The van der Waals surface area contributed by atoms with E-state index in [9.17, 15) is 19.5 Å². The lowest BCUT2D eigenvalue weighted by Crippen LogP contribution is -2.26. The minimum Gasteiger partial charge on any atom is -0.508 e. The molecule has 0 radical (unpaired) electrons. The lowest BCUT2D eigenvalue weighted by molar-refractivity contribution is -0.118. The molecule has 5 rings (SSSR count). The largest absolute Gasteiger partial charge is 0.508 e. The van der Waals surface area contributed by atoms with Crippen LogP contribution >= 0.6 is 0 Å². The third kappa shape index (κ3) is 4.60. The van der Waals surface area contributed by atoms with Crippen LogP contribution < -0.4 is 20.7 Å². The van der Waals surface area contributed by atoms with Gasteiger partial charge in [-0.25, -0.2) is 9.97 Å². The number of rotatable bonds is 6. The van der Waals surface area contributed by atoms with Gasteiger partial charge in [-0.15, -0.1) is 0 Å². The molecule has 3 heterocycles. The van der Waals surface area contributed by atoms with Gasteiger partial charge in [-0.1, -0.05) is 18.2 Å². The van der Waals surface area contributed by atoms with Crippen molar-refractivity contribution in [1.82, 2.24) is 25.6 Å². The van der Waals surface area contributed by atoms with Crippen molar-refractivity contribution >= 4 is 34.4 Å². The van der Waals surface area contributed by atoms with Crippen molar-refractivity contribution in [2.45, 2.75) is 13.1 Å². The van der Waals surface area contributed by atoms with Gasteiger partial charge in [0.2, 0.25) is 0 Å². The molecule has 5 N–H and O–H groups in total. The van der Waals surface area contributed by atoms with E-state index in [2.05, 4.69) is 30.9 Å². The number of phenols is 1. The molecule has 0 atom stereocenters. The second-order valence-corrected chi connectivity index (χ2v) is 7.85. The average Bonchev–Trinajstić information content (AvgIpc) is 3.31. The number of nitrogens with one attached hydrogen (secondary N) is 4. The number of aromatic amines is 1. The van der Waals surface area contributed by atoms with Gasteiger partial charge in [0, 0.05) is 19.3 Å². The molecule has 11 heteroatoms. The highest BCUT2D eigenvalue weighted by Crippen LogP contribution is 2.28. The number of benzene rings is 2. The minimum absolute atomic E-state index is 0.0280. The van der Waals surface area contributed by atoms with Crippen LogP contribution in [0.5, 0.6) is 11.5 Å². The normalized spacial score (nSPS) is 12.4. The third-order valence-corrected chi connectivity index (χ3v) is 5.44. The van der Waals surface area contributed by atoms with Crippen molar-refractivity contribution < 1.29 is 24.2 Å². The van der Waals surface area contributed by atoms with Crippen LogP contribution in [-0.4, -0.2) is 44.4 Å². The zero-order valence-electron chi connectivity index (χ0n) is 18.3. The molecule has 1 aliphatic heterocycles. The number of aromatic nitrogens is 3. The smallest absolute Gasteiger partial charge is 0.272 e. The molecule has 3 amide bonds. The van der Waals surface area contributed by atoms with Gasteiger partial charge in [0.05, 0.1) is 16.8 Å². The number of ether oxygens (including phenoxy) is 1. The summed E-state index contributed by atoms with van der Waals surface area (Å²) in [7, 11) is 0. The Hall–Kier alpha value is -4.93. The molecule has 35 heavy (non-hydrogen) atoms. The van der Waals surface area contributed by atoms with Crippen molar-refractivity contribution in [3.05, 3.63) is 77.4 Å². The van der Waals surface area contributed by atoms with Crippen molar-refractivity contribution in [3.63, 3.8) is 0 Å². The molecule has 0 unspecified atom stereocenters. The topological polar surface area (TPSA) is 158 Å². The Balaban J connectivity index is 1.28. The van der Waals surface area contributed by atoms with Crippen molar-refractivity contribution in [1.29, 1.82) is 0 Å². The summed E-state index contributed by atoms with van der Waals surface area (Å²) in [6.45, 7) is 0.421. The molecule has 1 aliphatic rings. The van der Waals surface area contributed by atoms with E-state index in [1.807, 2.05) is 0 Å². The fraction of sp³-hybridized carbons (Fsp3) is 0.125. The second kappa shape index (κ2) is 9.14. The van der Waals surface area contributed by atoms with Crippen LogP contribution in [0.2, 0.25) is 0 Å².